The van der Waals surface area contributed by atoms with Gasteiger partial charge in [-0.25, -0.2) is 12.8 Å². The molecule has 1 saturated heterocycles. The maximum Gasteiger partial charge on any atom is 0.243 e. The first-order chi connectivity index (χ1) is 9.26. The molecule has 1 aliphatic heterocycles. The van der Waals surface area contributed by atoms with Crippen LogP contribution in [-0.4, -0.2) is 38.0 Å². The predicted molar refractivity (Wildman–Crippen MR) is 74.7 cm³/mol. The highest BCUT2D eigenvalue weighted by molar-refractivity contribution is 7.89. The Morgan fingerprint density at radius 1 is 1.45 bits per heavy atom. The number of alkyl halides is 1. The fourth-order valence-electron chi connectivity index (χ4n) is 2.20. The molecule has 0 spiro atoms. The van der Waals surface area contributed by atoms with E-state index in [0.29, 0.717) is 12.2 Å². The van der Waals surface area contributed by atoms with Crippen LogP contribution < -0.4 is 0 Å². The quantitative estimate of drug-likeness (QED) is 0.803. The molecule has 20 heavy (non-hydrogen) atoms. The molecular weight excluding hydrogens is 305 g/mol. The summed E-state index contributed by atoms with van der Waals surface area (Å²) in [6.07, 6.45) is 0. The predicted octanol–water partition coefficient (Wildman–Crippen LogP) is 2.36. The van der Waals surface area contributed by atoms with Crippen LogP contribution in [0.25, 0.3) is 0 Å². The summed E-state index contributed by atoms with van der Waals surface area (Å²) in [7, 11) is -3.77. The van der Waals surface area contributed by atoms with Gasteiger partial charge in [0.1, 0.15) is 5.82 Å². The van der Waals surface area contributed by atoms with Gasteiger partial charge >= 0.3 is 0 Å². The van der Waals surface area contributed by atoms with E-state index in [-0.39, 0.29) is 23.9 Å². The number of hydrogen-bond acceptors (Lipinski definition) is 3. The van der Waals surface area contributed by atoms with Gasteiger partial charge in [0.05, 0.1) is 17.1 Å². The first kappa shape index (κ1) is 15.7. The molecule has 0 amide bonds. The second-order valence-corrected chi connectivity index (χ2v) is 7.51. The van der Waals surface area contributed by atoms with Gasteiger partial charge in [-0.05, 0) is 31.5 Å². The van der Waals surface area contributed by atoms with Gasteiger partial charge in [0.25, 0.3) is 0 Å². The zero-order chi connectivity index (χ0) is 15.0. The van der Waals surface area contributed by atoms with E-state index < -0.39 is 21.4 Å². The minimum Gasteiger partial charge on any atom is -0.373 e. The van der Waals surface area contributed by atoms with Crippen LogP contribution in [0.1, 0.15) is 19.4 Å². The highest BCUT2D eigenvalue weighted by atomic mass is 35.5. The van der Waals surface area contributed by atoms with E-state index in [2.05, 4.69) is 0 Å². The van der Waals surface area contributed by atoms with Crippen LogP contribution in [0.4, 0.5) is 4.39 Å². The summed E-state index contributed by atoms with van der Waals surface area (Å²) in [6.45, 7) is 4.45. The van der Waals surface area contributed by atoms with Crippen molar-refractivity contribution < 1.29 is 17.5 Å². The summed E-state index contributed by atoms with van der Waals surface area (Å²) in [5.41, 5.74) is -0.155. The molecule has 0 unspecified atom stereocenters. The first-order valence-corrected chi connectivity index (χ1v) is 8.22. The third-order valence-corrected chi connectivity index (χ3v) is 5.40. The van der Waals surface area contributed by atoms with Crippen molar-refractivity contribution in [3.63, 3.8) is 0 Å². The van der Waals surface area contributed by atoms with Crippen molar-refractivity contribution in [2.24, 2.45) is 0 Å². The molecule has 2 rings (SSSR count). The van der Waals surface area contributed by atoms with Gasteiger partial charge in [0.15, 0.2) is 0 Å². The van der Waals surface area contributed by atoms with Crippen molar-refractivity contribution in [3.8, 4) is 0 Å². The zero-order valence-corrected chi connectivity index (χ0v) is 13.0. The summed E-state index contributed by atoms with van der Waals surface area (Å²) in [5, 5.41) is 0. The molecule has 0 N–H and O–H groups in total. The largest absolute Gasteiger partial charge is 0.373 e. The van der Waals surface area contributed by atoms with Crippen molar-refractivity contribution in [2.75, 3.05) is 19.7 Å². The van der Waals surface area contributed by atoms with E-state index in [4.69, 9.17) is 16.3 Å². The minimum absolute atomic E-state index is 0.0164. The van der Waals surface area contributed by atoms with Crippen LogP contribution in [0.15, 0.2) is 23.1 Å². The van der Waals surface area contributed by atoms with E-state index in [1.54, 1.807) is 0 Å². The van der Waals surface area contributed by atoms with Crippen LogP contribution in [0.5, 0.6) is 0 Å². The SMILES string of the molecule is CC1(C)CN(S(=O)(=O)c2cc(F)ccc2CCl)CCO1. The number of nitrogens with zero attached hydrogens (tertiary/aromatic N) is 1. The Bertz CT molecular complexity index is 604. The summed E-state index contributed by atoms with van der Waals surface area (Å²) in [6, 6.07) is 3.64. The van der Waals surface area contributed by atoms with Gasteiger partial charge in [0, 0.05) is 19.0 Å². The molecule has 112 valence electrons. The standard InChI is InChI=1S/C13H17ClFNO3S/c1-13(2)9-16(5-6-19-13)20(17,18)12-7-11(15)4-3-10(12)8-14/h3-4,7H,5-6,8-9H2,1-2H3. The van der Waals surface area contributed by atoms with E-state index >= 15 is 0 Å². The number of halogens is 2. The fourth-order valence-corrected chi connectivity index (χ4v) is 4.32. The van der Waals surface area contributed by atoms with Crippen molar-refractivity contribution in [3.05, 3.63) is 29.6 Å². The monoisotopic (exact) mass is 321 g/mol. The van der Waals surface area contributed by atoms with E-state index in [0.717, 1.165) is 6.07 Å². The van der Waals surface area contributed by atoms with Gasteiger partial charge < -0.3 is 4.74 Å². The lowest BCUT2D eigenvalue weighted by atomic mass is 10.1. The van der Waals surface area contributed by atoms with Gasteiger partial charge in [-0.15, -0.1) is 11.6 Å². The van der Waals surface area contributed by atoms with E-state index in [9.17, 15) is 12.8 Å². The first-order valence-electron chi connectivity index (χ1n) is 6.25. The van der Waals surface area contributed by atoms with Crippen LogP contribution in [-0.2, 0) is 20.6 Å². The molecule has 4 nitrogen and oxygen atoms in total. The molecule has 0 bridgehead atoms. The van der Waals surface area contributed by atoms with E-state index in [1.165, 1.54) is 16.4 Å². The van der Waals surface area contributed by atoms with Crippen LogP contribution in [0, 0.1) is 5.82 Å². The van der Waals surface area contributed by atoms with Crippen molar-refractivity contribution in [1.29, 1.82) is 0 Å². The van der Waals surface area contributed by atoms with Crippen molar-refractivity contribution in [2.45, 2.75) is 30.2 Å². The summed E-state index contributed by atoms with van der Waals surface area (Å²) in [5.74, 6) is -0.576. The second kappa shape index (κ2) is 5.60. The number of ether oxygens (including phenoxy) is 1. The number of benzene rings is 1. The molecule has 1 heterocycles. The molecule has 0 atom stereocenters. The molecule has 1 aromatic rings. The maximum atomic E-state index is 13.4. The Morgan fingerprint density at radius 2 is 2.15 bits per heavy atom. The number of sulfonamides is 1. The Kier molecular flexibility index (Phi) is 4.39. The third kappa shape index (κ3) is 3.14. The van der Waals surface area contributed by atoms with Crippen molar-refractivity contribution >= 4 is 21.6 Å². The van der Waals surface area contributed by atoms with E-state index in [1.807, 2.05) is 13.8 Å². The van der Waals surface area contributed by atoms with Gasteiger partial charge in [-0.1, -0.05) is 6.07 Å². The lowest BCUT2D eigenvalue weighted by Crippen LogP contribution is -2.50. The third-order valence-electron chi connectivity index (χ3n) is 3.18. The topological polar surface area (TPSA) is 46.6 Å². The molecule has 1 aliphatic rings. The molecule has 7 heteroatoms. The Balaban J connectivity index is 2.42. The average Bonchev–Trinajstić information content (AvgIpc) is 2.37. The highest BCUT2D eigenvalue weighted by Crippen LogP contribution is 2.27. The van der Waals surface area contributed by atoms with Crippen LogP contribution >= 0.6 is 11.6 Å². The van der Waals surface area contributed by atoms with Crippen LogP contribution in [0.3, 0.4) is 0 Å². The molecule has 0 aliphatic carbocycles. The fraction of sp³-hybridized carbons (Fsp3) is 0.538. The van der Waals surface area contributed by atoms with Gasteiger partial charge in [-0.2, -0.15) is 4.31 Å². The van der Waals surface area contributed by atoms with Gasteiger partial charge in [0.2, 0.25) is 10.0 Å². The van der Waals surface area contributed by atoms with Gasteiger partial charge in [-0.3, -0.25) is 0 Å². The average molecular weight is 322 g/mol. The molecular formula is C13H17ClFNO3S. The maximum absolute atomic E-state index is 13.4. The van der Waals surface area contributed by atoms with Crippen molar-refractivity contribution in [1.82, 2.24) is 4.31 Å². The Labute approximate surface area is 123 Å². The second-order valence-electron chi connectivity index (χ2n) is 5.33. The molecule has 0 aromatic heterocycles. The normalized spacial score (nSPS) is 20.0. The minimum atomic E-state index is -3.77. The molecule has 1 fully saturated rings. The summed E-state index contributed by atoms with van der Waals surface area (Å²) in [4.78, 5) is -0.0646. The van der Waals surface area contributed by atoms with Crippen LogP contribution in [0.2, 0.25) is 0 Å². The number of rotatable bonds is 3. The molecule has 0 saturated carbocycles. The molecule has 0 radical (unpaired) electrons. The highest BCUT2D eigenvalue weighted by Gasteiger charge is 2.35. The lowest BCUT2D eigenvalue weighted by molar-refractivity contribution is -0.0640. The number of hydrogen-bond donors (Lipinski definition) is 0. The zero-order valence-electron chi connectivity index (χ0n) is 11.4. The summed E-state index contributed by atoms with van der Waals surface area (Å²) < 4.78 is 45.5. The smallest absolute Gasteiger partial charge is 0.243 e. The Hall–Kier alpha value is -0.690. The lowest BCUT2D eigenvalue weighted by Gasteiger charge is -2.37. The Morgan fingerprint density at radius 3 is 2.75 bits per heavy atom. The summed E-state index contributed by atoms with van der Waals surface area (Å²) >= 11 is 5.76. The number of morpholine rings is 1. The molecule has 1 aromatic carbocycles.